The number of hydrogen-bond donors (Lipinski definition) is 0. The summed E-state index contributed by atoms with van der Waals surface area (Å²) in [7, 11) is 0. The SMILES string of the molecule is CCCCOOC(=O)C(=O)c1ccccc1. The molecule has 1 aromatic carbocycles. The fourth-order valence-corrected chi connectivity index (χ4v) is 1.04. The zero-order valence-electron chi connectivity index (χ0n) is 9.14. The molecule has 4 nitrogen and oxygen atoms in total. The average Bonchev–Trinajstić information content (AvgIpc) is 2.34. The molecule has 0 radical (unpaired) electrons. The quantitative estimate of drug-likeness (QED) is 0.243. The monoisotopic (exact) mass is 222 g/mol. The van der Waals surface area contributed by atoms with Crippen molar-refractivity contribution in [2.24, 2.45) is 0 Å². The second-order valence-electron chi connectivity index (χ2n) is 3.24. The normalized spacial score (nSPS) is 9.81. The molecule has 0 aliphatic rings. The molecule has 0 N–H and O–H groups in total. The standard InChI is InChI=1S/C12H14O4/c1-2-3-9-15-16-12(14)11(13)10-7-5-4-6-8-10/h4-8H,2-3,9H2,1H3. The molecule has 0 aliphatic heterocycles. The third-order valence-electron chi connectivity index (χ3n) is 1.94. The van der Waals surface area contributed by atoms with E-state index in [1.54, 1.807) is 30.3 Å². The van der Waals surface area contributed by atoms with E-state index in [4.69, 9.17) is 0 Å². The molecule has 0 spiro atoms. The molecular formula is C12H14O4. The molecule has 0 saturated carbocycles. The summed E-state index contributed by atoms with van der Waals surface area (Å²) in [6.45, 7) is 2.30. The van der Waals surface area contributed by atoms with Gasteiger partial charge in [-0.05, 0) is 6.42 Å². The van der Waals surface area contributed by atoms with E-state index in [1.165, 1.54) is 0 Å². The van der Waals surface area contributed by atoms with Crippen LogP contribution in [0.3, 0.4) is 0 Å². The maximum Gasteiger partial charge on any atom is 0.413 e. The smallest absolute Gasteiger partial charge is 0.289 e. The van der Waals surface area contributed by atoms with Gasteiger partial charge in [-0.2, -0.15) is 4.89 Å². The van der Waals surface area contributed by atoms with E-state index >= 15 is 0 Å². The van der Waals surface area contributed by atoms with E-state index in [0.29, 0.717) is 12.2 Å². The van der Waals surface area contributed by atoms with Gasteiger partial charge in [0.25, 0.3) is 5.78 Å². The van der Waals surface area contributed by atoms with Crippen LogP contribution in [-0.4, -0.2) is 18.4 Å². The maximum atomic E-state index is 11.5. The Bertz CT molecular complexity index is 345. The summed E-state index contributed by atoms with van der Waals surface area (Å²) in [5.74, 6) is -1.68. The number of carbonyl (C=O) groups excluding carboxylic acids is 2. The molecule has 0 aliphatic carbocycles. The largest absolute Gasteiger partial charge is 0.413 e. The molecule has 0 fully saturated rings. The van der Waals surface area contributed by atoms with Crippen LogP contribution in [0.4, 0.5) is 0 Å². The van der Waals surface area contributed by atoms with Gasteiger partial charge in [-0.3, -0.25) is 9.68 Å². The lowest BCUT2D eigenvalue weighted by molar-refractivity contribution is -0.266. The fraction of sp³-hybridized carbons (Fsp3) is 0.333. The molecule has 0 aromatic heterocycles. The Hall–Kier alpha value is -1.68. The number of benzene rings is 1. The highest BCUT2D eigenvalue weighted by atomic mass is 17.2. The molecule has 4 heteroatoms. The molecule has 0 bridgehead atoms. The van der Waals surface area contributed by atoms with Gasteiger partial charge in [-0.15, -0.1) is 0 Å². The lowest BCUT2D eigenvalue weighted by Crippen LogP contribution is -2.18. The van der Waals surface area contributed by atoms with Crippen LogP contribution < -0.4 is 0 Å². The third kappa shape index (κ3) is 3.82. The minimum absolute atomic E-state index is 0.298. The number of Topliss-reactive ketones (excluding diaryl/α,β-unsaturated/α-hetero) is 1. The zero-order chi connectivity index (χ0) is 11.8. The first-order chi connectivity index (χ1) is 7.75. The summed E-state index contributed by atoms with van der Waals surface area (Å²) in [6, 6.07) is 8.22. The van der Waals surface area contributed by atoms with Gasteiger partial charge in [0.15, 0.2) is 0 Å². The van der Waals surface area contributed by atoms with E-state index in [9.17, 15) is 9.59 Å². The Morgan fingerprint density at radius 3 is 2.50 bits per heavy atom. The maximum absolute atomic E-state index is 11.5. The van der Waals surface area contributed by atoms with Crippen LogP contribution in [0, 0.1) is 0 Å². The van der Waals surface area contributed by atoms with Gasteiger partial charge in [0.2, 0.25) is 0 Å². The Morgan fingerprint density at radius 1 is 1.19 bits per heavy atom. The van der Waals surface area contributed by atoms with Crippen molar-refractivity contribution in [1.29, 1.82) is 0 Å². The van der Waals surface area contributed by atoms with Crippen molar-refractivity contribution < 1.29 is 19.4 Å². The molecule has 1 rings (SSSR count). The van der Waals surface area contributed by atoms with Gasteiger partial charge in [-0.25, -0.2) is 4.79 Å². The van der Waals surface area contributed by atoms with Gasteiger partial charge in [0.1, 0.15) is 0 Å². The number of carbonyl (C=O) groups is 2. The molecule has 0 atom stereocenters. The van der Waals surface area contributed by atoms with Crippen molar-refractivity contribution >= 4 is 11.8 Å². The Labute approximate surface area is 94.1 Å². The lowest BCUT2D eigenvalue weighted by Gasteiger charge is -2.01. The van der Waals surface area contributed by atoms with Crippen molar-refractivity contribution in [3.05, 3.63) is 35.9 Å². The minimum Gasteiger partial charge on any atom is -0.289 e. The minimum atomic E-state index is -0.984. The van der Waals surface area contributed by atoms with Crippen molar-refractivity contribution in [3.8, 4) is 0 Å². The summed E-state index contributed by atoms with van der Waals surface area (Å²) < 4.78 is 0. The average molecular weight is 222 g/mol. The van der Waals surface area contributed by atoms with E-state index in [-0.39, 0.29) is 0 Å². The third-order valence-corrected chi connectivity index (χ3v) is 1.94. The highest BCUT2D eigenvalue weighted by Crippen LogP contribution is 2.01. The van der Waals surface area contributed by atoms with Crippen molar-refractivity contribution in [2.45, 2.75) is 19.8 Å². The van der Waals surface area contributed by atoms with Gasteiger partial charge in [0, 0.05) is 5.56 Å². The molecule has 0 amide bonds. The van der Waals surface area contributed by atoms with E-state index in [1.807, 2.05) is 6.92 Å². The number of unbranched alkanes of at least 4 members (excludes halogenated alkanes) is 1. The summed E-state index contributed by atoms with van der Waals surface area (Å²) in [4.78, 5) is 31.6. The van der Waals surface area contributed by atoms with Crippen LogP contribution in [0.25, 0.3) is 0 Å². The van der Waals surface area contributed by atoms with Crippen LogP contribution in [0.1, 0.15) is 30.1 Å². The molecular weight excluding hydrogens is 208 g/mol. The van der Waals surface area contributed by atoms with Crippen molar-refractivity contribution in [3.63, 3.8) is 0 Å². The highest BCUT2D eigenvalue weighted by molar-refractivity contribution is 6.40. The summed E-state index contributed by atoms with van der Waals surface area (Å²) >= 11 is 0. The summed E-state index contributed by atoms with van der Waals surface area (Å²) in [5.41, 5.74) is 0.298. The van der Waals surface area contributed by atoms with Crippen LogP contribution in [-0.2, 0) is 14.6 Å². The molecule has 16 heavy (non-hydrogen) atoms. The number of hydrogen-bond acceptors (Lipinski definition) is 4. The van der Waals surface area contributed by atoms with Crippen LogP contribution in [0.2, 0.25) is 0 Å². The Morgan fingerprint density at radius 2 is 1.88 bits per heavy atom. The number of ketones is 1. The fourth-order valence-electron chi connectivity index (χ4n) is 1.04. The number of rotatable bonds is 6. The van der Waals surface area contributed by atoms with Crippen LogP contribution in [0.5, 0.6) is 0 Å². The first-order valence-corrected chi connectivity index (χ1v) is 5.19. The molecule has 86 valence electrons. The summed E-state index contributed by atoms with van der Waals surface area (Å²) in [5, 5.41) is 0. The second kappa shape index (κ2) is 6.74. The molecule has 1 aromatic rings. The van der Waals surface area contributed by atoms with Crippen LogP contribution >= 0.6 is 0 Å². The molecule has 0 heterocycles. The first kappa shape index (κ1) is 12.4. The van der Waals surface area contributed by atoms with Crippen LogP contribution in [0.15, 0.2) is 30.3 Å². The molecule has 0 unspecified atom stereocenters. The lowest BCUT2D eigenvalue weighted by atomic mass is 10.1. The van der Waals surface area contributed by atoms with Gasteiger partial charge in [0.05, 0.1) is 6.61 Å². The Kier molecular flexibility index (Phi) is 5.22. The van der Waals surface area contributed by atoms with Gasteiger partial charge >= 0.3 is 5.97 Å². The first-order valence-electron chi connectivity index (χ1n) is 5.19. The van der Waals surface area contributed by atoms with Crippen molar-refractivity contribution in [2.75, 3.05) is 6.61 Å². The Balaban J connectivity index is 2.40. The second-order valence-corrected chi connectivity index (χ2v) is 3.24. The van der Waals surface area contributed by atoms with Gasteiger partial charge < -0.3 is 0 Å². The van der Waals surface area contributed by atoms with E-state index < -0.39 is 11.8 Å². The van der Waals surface area contributed by atoms with Gasteiger partial charge in [-0.1, -0.05) is 43.7 Å². The predicted octanol–water partition coefficient (Wildman–Crippen LogP) is 2.14. The predicted molar refractivity (Wildman–Crippen MR) is 57.7 cm³/mol. The van der Waals surface area contributed by atoms with E-state index in [0.717, 1.165) is 12.8 Å². The van der Waals surface area contributed by atoms with Crippen molar-refractivity contribution in [1.82, 2.24) is 0 Å². The van der Waals surface area contributed by atoms with E-state index in [2.05, 4.69) is 9.78 Å². The highest BCUT2D eigenvalue weighted by Gasteiger charge is 2.18. The molecule has 0 saturated heterocycles. The summed E-state index contributed by atoms with van der Waals surface area (Å²) in [6.07, 6.45) is 1.72. The topological polar surface area (TPSA) is 52.6 Å². The zero-order valence-corrected chi connectivity index (χ0v) is 9.14.